The standard InChI is InChI=1S/C37H80O13Si8/c1-18-29(9)52-40-51(28-26-27-39-36(38)37(16,17)25-8)41-53(30(10)19-2)45-54(43-52,31(11)20-3)46-56(33(13)22-5)47-55(44-52,32(12)21-4)49-57(42-51,34(14)23-6)58(48-53,50-56)35(15)24-7/h29-35H,18-28H2,1-17H3. The normalized spacial score (nSPS) is 42.0. The SMILES string of the molecule is CCC(C)[Si]12O[Si]3(CCCOC(=O)C(C)(C)CC)O[Si]4(C(C)CC)O[Si](C(C)CC)(O1)O[Si]1(C(C)CC)O[Si](C(C)CC)(O2)O[Si](C(C)CC)(O3)[Si](C(C)CC)(O4)O1. The molecule has 0 saturated carbocycles. The van der Waals surface area contributed by atoms with Crippen molar-refractivity contribution >= 4 is 75.0 Å². The minimum atomic E-state index is -4.06. The predicted octanol–water partition coefficient (Wildman–Crippen LogP) is 10.8. The lowest BCUT2D eigenvalue weighted by molar-refractivity contribution is -0.154. The summed E-state index contributed by atoms with van der Waals surface area (Å²) >= 11 is 0. The van der Waals surface area contributed by atoms with E-state index < -0.39 is 74.4 Å². The molecule has 58 heavy (non-hydrogen) atoms. The first-order valence-corrected chi connectivity index (χ1v) is 38.7. The largest absolute Gasteiger partial charge is 0.481 e. The summed E-state index contributed by atoms with van der Waals surface area (Å²) in [6, 6.07) is 0.341. The Bertz CT molecular complexity index is 1460. The van der Waals surface area contributed by atoms with Crippen LogP contribution >= 0.6 is 0 Å². The molecular formula is C37H80O13Si8. The molecule has 0 aromatic carbocycles. The summed E-state index contributed by atoms with van der Waals surface area (Å²) in [6.07, 6.45) is 6.23. The predicted molar refractivity (Wildman–Crippen MR) is 240 cm³/mol. The van der Waals surface area contributed by atoms with Gasteiger partial charge in [-0.15, -0.1) is 0 Å². The molecule has 0 aliphatic carbocycles. The van der Waals surface area contributed by atoms with Crippen LogP contribution in [0.5, 0.6) is 0 Å². The van der Waals surface area contributed by atoms with Crippen molar-refractivity contribution in [2.24, 2.45) is 5.41 Å². The number of hydrogen-bond acceptors (Lipinski definition) is 13. The van der Waals surface area contributed by atoms with E-state index in [2.05, 4.69) is 96.9 Å². The molecule has 6 aliphatic rings. The number of esters is 1. The Morgan fingerprint density at radius 3 is 1.07 bits per heavy atom. The Labute approximate surface area is 360 Å². The van der Waals surface area contributed by atoms with E-state index >= 15 is 0 Å². The van der Waals surface area contributed by atoms with Gasteiger partial charge in [0.15, 0.2) is 0 Å². The van der Waals surface area contributed by atoms with E-state index in [4.69, 9.17) is 50.0 Å². The number of carbonyl (C=O) groups excluding carboxylic acids is 1. The topological polar surface area (TPSA) is 128 Å². The van der Waals surface area contributed by atoms with E-state index in [0.29, 0.717) is 25.3 Å². The van der Waals surface area contributed by atoms with E-state index in [1.165, 1.54) is 0 Å². The number of carbonyl (C=O) groups is 1. The molecule has 21 heteroatoms. The number of rotatable bonds is 20. The van der Waals surface area contributed by atoms with Crippen molar-refractivity contribution in [1.29, 1.82) is 0 Å². The van der Waals surface area contributed by atoms with Crippen LogP contribution in [0.3, 0.4) is 0 Å². The van der Waals surface area contributed by atoms with Crippen molar-refractivity contribution in [1.82, 2.24) is 0 Å². The molecule has 6 saturated heterocycles. The highest BCUT2D eigenvalue weighted by atomic mass is 29.3. The highest BCUT2D eigenvalue weighted by Crippen LogP contribution is 2.64. The molecule has 8 bridgehead atoms. The molecule has 0 aromatic rings. The van der Waals surface area contributed by atoms with Gasteiger partial charge in [-0.05, 0) is 69.9 Å². The Kier molecular flexibility index (Phi) is 15.4. The zero-order valence-electron chi connectivity index (χ0n) is 39.1. The zero-order valence-corrected chi connectivity index (χ0v) is 47.1. The van der Waals surface area contributed by atoms with Gasteiger partial charge in [0.2, 0.25) is 0 Å². The molecule has 15 unspecified atom stereocenters. The molecule has 0 radical (unpaired) electrons. The molecule has 6 heterocycles. The fourth-order valence-corrected chi connectivity index (χ4v) is 77.5. The quantitative estimate of drug-likeness (QED) is 0.0653. The van der Waals surface area contributed by atoms with Crippen molar-refractivity contribution < 1.29 is 54.8 Å². The summed E-state index contributed by atoms with van der Waals surface area (Å²) in [5.74, 6) is -0.226. The van der Waals surface area contributed by atoms with Crippen LogP contribution in [0.2, 0.25) is 44.8 Å². The first-order chi connectivity index (χ1) is 27.1. The molecule has 0 amide bonds. The highest BCUT2D eigenvalue weighted by molar-refractivity contribution is 7.39. The molecule has 338 valence electrons. The van der Waals surface area contributed by atoms with Gasteiger partial charge in [-0.3, -0.25) is 4.79 Å². The summed E-state index contributed by atoms with van der Waals surface area (Å²) in [6.45, 7) is 36.6. The van der Waals surface area contributed by atoms with Crippen LogP contribution in [0.1, 0.15) is 175 Å². The summed E-state index contributed by atoms with van der Waals surface area (Å²) in [7, 11) is -31.7. The third-order valence-corrected chi connectivity index (χ3v) is 63.2. The second-order valence-corrected chi connectivity index (χ2v) is 49.4. The van der Waals surface area contributed by atoms with Crippen molar-refractivity contribution in [3.05, 3.63) is 0 Å². The summed E-state index contributed by atoms with van der Waals surface area (Å²) in [5, 5.41) is 0. The first-order valence-electron chi connectivity index (χ1n) is 23.0. The maximum absolute atomic E-state index is 13.3. The van der Waals surface area contributed by atoms with Crippen LogP contribution in [0.4, 0.5) is 0 Å². The Morgan fingerprint density at radius 2 is 0.741 bits per heavy atom. The van der Waals surface area contributed by atoms with E-state index in [1.54, 1.807) is 0 Å². The molecule has 15 atom stereocenters. The second kappa shape index (κ2) is 18.0. The van der Waals surface area contributed by atoms with Gasteiger partial charge >= 0.3 is 75.0 Å². The maximum Gasteiger partial charge on any atom is 0.481 e. The minimum Gasteiger partial charge on any atom is -0.465 e. The third kappa shape index (κ3) is 7.98. The first kappa shape index (κ1) is 49.8. The highest BCUT2D eigenvalue weighted by Gasteiger charge is 2.90. The van der Waals surface area contributed by atoms with Gasteiger partial charge in [0, 0.05) is 33.7 Å². The lowest BCUT2D eigenvalue weighted by atomic mass is 9.91. The van der Waals surface area contributed by atoms with Crippen LogP contribution in [-0.2, 0) is 54.8 Å². The molecule has 6 fully saturated rings. The smallest absolute Gasteiger partial charge is 0.465 e. The Balaban J connectivity index is 1.97. The maximum atomic E-state index is 13.3. The number of hydrogen-bond donors (Lipinski definition) is 0. The third-order valence-electron chi connectivity index (χ3n) is 14.6. The lowest BCUT2D eigenvalue weighted by Crippen LogP contribution is -2.83. The van der Waals surface area contributed by atoms with Crippen molar-refractivity contribution in [2.75, 3.05) is 6.61 Å². The van der Waals surface area contributed by atoms with Crippen LogP contribution in [0.25, 0.3) is 0 Å². The monoisotopic (exact) mass is 956 g/mol. The number of ether oxygens (including phenoxy) is 1. The second-order valence-electron chi connectivity index (χ2n) is 18.8. The molecule has 6 aliphatic heterocycles. The fourth-order valence-electron chi connectivity index (χ4n) is 8.32. The van der Waals surface area contributed by atoms with Crippen LogP contribution < -0.4 is 0 Å². The Hall–Kier alpha value is 0.765. The van der Waals surface area contributed by atoms with Crippen LogP contribution in [0.15, 0.2) is 0 Å². The van der Waals surface area contributed by atoms with Gasteiger partial charge in [0.1, 0.15) is 0 Å². The van der Waals surface area contributed by atoms with Gasteiger partial charge in [-0.25, -0.2) is 0 Å². The van der Waals surface area contributed by atoms with Crippen LogP contribution in [-0.4, -0.2) is 81.6 Å². The van der Waals surface area contributed by atoms with Crippen molar-refractivity contribution in [2.45, 2.75) is 220 Å². The summed E-state index contributed by atoms with van der Waals surface area (Å²) in [5.41, 5.74) is -1.73. The van der Waals surface area contributed by atoms with Crippen molar-refractivity contribution in [3.8, 4) is 0 Å². The molecular weight excluding hydrogens is 877 g/mol. The average molecular weight is 958 g/mol. The van der Waals surface area contributed by atoms with Crippen LogP contribution in [0, 0.1) is 5.41 Å². The molecule has 0 spiro atoms. The van der Waals surface area contributed by atoms with E-state index in [0.717, 1.165) is 38.5 Å². The minimum absolute atomic E-state index is 0.112. The zero-order chi connectivity index (χ0) is 43.4. The average Bonchev–Trinajstić information content (AvgIpc) is 3.39. The molecule has 6 rings (SSSR count). The van der Waals surface area contributed by atoms with E-state index in [-0.39, 0.29) is 51.4 Å². The van der Waals surface area contributed by atoms with Gasteiger partial charge in [-0.2, -0.15) is 0 Å². The van der Waals surface area contributed by atoms with Crippen molar-refractivity contribution in [3.63, 3.8) is 0 Å². The van der Waals surface area contributed by atoms with Gasteiger partial charge < -0.3 is 50.0 Å². The Morgan fingerprint density at radius 1 is 0.448 bits per heavy atom. The molecule has 0 N–H and O–H groups in total. The van der Waals surface area contributed by atoms with E-state index in [9.17, 15) is 4.79 Å². The molecule has 13 nitrogen and oxygen atoms in total. The summed E-state index contributed by atoms with van der Waals surface area (Å²) < 4.78 is 94.5. The molecule has 0 aromatic heterocycles. The van der Waals surface area contributed by atoms with Gasteiger partial charge in [0.25, 0.3) is 0 Å². The van der Waals surface area contributed by atoms with Gasteiger partial charge in [-0.1, -0.05) is 117 Å². The van der Waals surface area contributed by atoms with Gasteiger partial charge in [0.05, 0.1) is 12.0 Å². The lowest BCUT2D eigenvalue weighted by Gasteiger charge is -2.60. The fraction of sp³-hybridized carbons (Fsp3) is 0.973. The van der Waals surface area contributed by atoms with E-state index in [1.807, 2.05) is 20.8 Å². The summed E-state index contributed by atoms with van der Waals surface area (Å²) in [4.78, 5) is 13.3.